The van der Waals surface area contributed by atoms with Crippen molar-refractivity contribution in [3.63, 3.8) is 0 Å². The maximum atomic E-state index is 12.6. The van der Waals surface area contributed by atoms with E-state index in [0.29, 0.717) is 18.2 Å². The third kappa shape index (κ3) is 3.26. The van der Waals surface area contributed by atoms with E-state index in [-0.39, 0.29) is 11.4 Å². The molecule has 1 aliphatic carbocycles. The molecule has 0 unspecified atom stereocenters. The predicted octanol–water partition coefficient (Wildman–Crippen LogP) is 3.97. The highest BCUT2D eigenvalue weighted by atomic mass is 16.1. The highest BCUT2D eigenvalue weighted by Crippen LogP contribution is 2.41. The van der Waals surface area contributed by atoms with Crippen molar-refractivity contribution in [2.75, 3.05) is 6.54 Å². The van der Waals surface area contributed by atoms with Crippen LogP contribution >= 0.6 is 0 Å². The number of amides is 1. The first kappa shape index (κ1) is 16.9. The van der Waals surface area contributed by atoms with Gasteiger partial charge in [0.05, 0.1) is 5.54 Å². The van der Waals surface area contributed by atoms with Gasteiger partial charge in [0.1, 0.15) is 5.69 Å². The molecule has 1 aliphatic rings. The molecule has 0 radical (unpaired) electrons. The number of nitrogens with zero attached hydrogens (tertiary/aromatic N) is 2. The molecule has 26 heavy (non-hydrogen) atoms. The zero-order valence-corrected chi connectivity index (χ0v) is 15.7. The third-order valence-corrected chi connectivity index (χ3v) is 4.96. The van der Waals surface area contributed by atoms with Crippen LogP contribution in [-0.2, 0) is 12.0 Å². The molecule has 2 N–H and O–H groups in total. The zero-order chi connectivity index (χ0) is 18.3. The molecule has 1 fully saturated rings. The Labute approximate surface area is 153 Å². The van der Waals surface area contributed by atoms with E-state index < -0.39 is 0 Å². The van der Waals surface area contributed by atoms with Crippen LogP contribution in [0.4, 0.5) is 0 Å². The molecule has 5 heteroatoms. The number of aromatic nitrogens is 3. The van der Waals surface area contributed by atoms with E-state index in [1.54, 1.807) is 0 Å². The second-order valence-corrected chi connectivity index (χ2v) is 8.18. The quantitative estimate of drug-likeness (QED) is 0.731. The maximum Gasteiger partial charge on any atom is 0.271 e. The van der Waals surface area contributed by atoms with Crippen LogP contribution in [0.5, 0.6) is 0 Å². The Hall–Kier alpha value is -2.56. The number of para-hydroxylation sites is 1. The van der Waals surface area contributed by atoms with Crippen LogP contribution in [0.15, 0.2) is 36.5 Å². The lowest BCUT2D eigenvalue weighted by atomic mass is 10.1. The second-order valence-electron chi connectivity index (χ2n) is 8.18. The van der Waals surface area contributed by atoms with Crippen LogP contribution in [-0.4, -0.2) is 27.2 Å². The lowest BCUT2D eigenvalue weighted by Gasteiger charge is -2.22. The largest absolute Gasteiger partial charge is 0.361 e. The maximum absolute atomic E-state index is 12.6. The van der Waals surface area contributed by atoms with Crippen molar-refractivity contribution in [3.8, 4) is 0 Å². The number of fused-ring (bicyclic) bond motifs is 1. The Morgan fingerprint density at radius 2 is 2.08 bits per heavy atom. The van der Waals surface area contributed by atoms with E-state index in [1.165, 1.54) is 29.5 Å². The number of hydrogen-bond donors (Lipinski definition) is 2. The highest BCUT2D eigenvalue weighted by Gasteiger charge is 2.32. The number of nitrogens with one attached hydrogen (secondary N) is 2. The van der Waals surface area contributed by atoms with Gasteiger partial charge in [-0.25, -0.2) is 0 Å². The van der Waals surface area contributed by atoms with Gasteiger partial charge >= 0.3 is 0 Å². The van der Waals surface area contributed by atoms with Crippen LogP contribution in [0, 0.1) is 0 Å². The number of H-pyrrole nitrogens is 1. The van der Waals surface area contributed by atoms with Crippen molar-refractivity contribution in [1.82, 2.24) is 20.1 Å². The van der Waals surface area contributed by atoms with E-state index in [2.05, 4.69) is 48.3 Å². The summed E-state index contributed by atoms with van der Waals surface area (Å²) in [5.74, 6) is 0.476. The first-order chi connectivity index (χ1) is 12.4. The lowest BCUT2D eigenvalue weighted by Crippen LogP contribution is -2.28. The Bertz CT molecular complexity index is 940. The van der Waals surface area contributed by atoms with E-state index >= 15 is 0 Å². The summed E-state index contributed by atoms with van der Waals surface area (Å²) in [5.41, 5.74) is 3.96. The van der Waals surface area contributed by atoms with Gasteiger partial charge in [0.25, 0.3) is 5.91 Å². The first-order valence-corrected chi connectivity index (χ1v) is 9.37. The van der Waals surface area contributed by atoms with Gasteiger partial charge in [-0.05, 0) is 57.7 Å². The van der Waals surface area contributed by atoms with Crippen molar-refractivity contribution < 1.29 is 4.79 Å². The fourth-order valence-electron chi connectivity index (χ4n) is 3.45. The molecule has 4 rings (SSSR count). The van der Waals surface area contributed by atoms with E-state index in [1.807, 2.05) is 29.1 Å². The smallest absolute Gasteiger partial charge is 0.271 e. The standard InChI is InChI=1S/C21H26N4O/c1-21(2,3)25-19(14-8-9-14)12-18(24-25)20(26)22-11-10-15-13-23-17-7-5-4-6-16(15)17/h4-7,12-14,23H,8-11H2,1-3H3,(H,22,26). The Kier molecular flexibility index (Phi) is 4.10. The van der Waals surface area contributed by atoms with Gasteiger partial charge in [0, 0.05) is 35.3 Å². The highest BCUT2D eigenvalue weighted by molar-refractivity contribution is 5.92. The predicted molar refractivity (Wildman–Crippen MR) is 104 cm³/mol. The number of carbonyl (C=O) groups excluding carboxylic acids is 1. The number of benzene rings is 1. The molecule has 136 valence electrons. The minimum absolute atomic E-state index is 0.0882. The zero-order valence-electron chi connectivity index (χ0n) is 15.7. The van der Waals surface area contributed by atoms with Crippen LogP contribution in [0.1, 0.15) is 61.3 Å². The monoisotopic (exact) mass is 350 g/mol. The Morgan fingerprint density at radius 1 is 1.31 bits per heavy atom. The number of hydrogen-bond acceptors (Lipinski definition) is 2. The summed E-state index contributed by atoms with van der Waals surface area (Å²) in [4.78, 5) is 15.9. The van der Waals surface area contributed by atoms with Crippen molar-refractivity contribution >= 4 is 16.8 Å². The minimum Gasteiger partial charge on any atom is -0.361 e. The fourth-order valence-corrected chi connectivity index (χ4v) is 3.45. The number of carbonyl (C=O) groups is 1. The topological polar surface area (TPSA) is 62.7 Å². The second kappa shape index (κ2) is 6.31. The molecule has 1 amide bonds. The summed E-state index contributed by atoms with van der Waals surface area (Å²) in [6, 6.07) is 10.2. The molecule has 0 aliphatic heterocycles. The molecule has 2 aromatic heterocycles. The summed E-state index contributed by atoms with van der Waals surface area (Å²) in [5, 5.41) is 8.85. The average molecular weight is 350 g/mol. The molecule has 1 aromatic carbocycles. The van der Waals surface area contributed by atoms with Gasteiger partial charge in [0.15, 0.2) is 0 Å². The van der Waals surface area contributed by atoms with Crippen LogP contribution < -0.4 is 5.32 Å². The van der Waals surface area contributed by atoms with Gasteiger partial charge in [-0.15, -0.1) is 0 Å². The lowest BCUT2D eigenvalue weighted by molar-refractivity contribution is 0.0947. The molecular weight excluding hydrogens is 324 g/mol. The first-order valence-electron chi connectivity index (χ1n) is 9.37. The average Bonchev–Trinajstić information content (AvgIpc) is 3.20. The molecule has 3 aromatic rings. The number of rotatable bonds is 5. The van der Waals surface area contributed by atoms with Gasteiger partial charge in [-0.2, -0.15) is 5.10 Å². The van der Waals surface area contributed by atoms with Gasteiger partial charge < -0.3 is 10.3 Å². The van der Waals surface area contributed by atoms with Crippen molar-refractivity contribution in [1.29, 1.82) is 0 Å². The van der Waals surface area contributed by atoms with E-state index in [4.69, 9.17) is 0 Å². The third-order valence-electron chi connectivity index (χ3n) is 4.96. The van der Waals surface area contributed by atoms with Gasteiger partial charge in [-0.3, -0.25) is 9.48 Å². The van der Waals surface area contributed by atoms with Crippen LogP contribution in [0.2, 0.25) is 0 Å². The molecule has 2 heterocycles. The Morgan fingerprint density at radius 3 is 2.81 bits per heavy atom. The molecule has 0 spiro atoms. The molecule has 0 atom stereocenters. The van der Waals surface area contributed by atoms with Crippen LogP contribution in [0.3, 0.4) is 0 Å². The fraction of sp³-hybridized carbons (Fsp3) is 0.429. The minimum atomic E-state index is -0.111. The molecule has 1 saturated carbocycles. The number of aromatic amines is 1. The van der Waals surface area contributed by atoms with E-state index in [9.17, 15) is 4.79 Å². The molecule has 0 saturated heterocycles. The summed E-state index contributed by atoms with van der Waals surface area (Å²) in [6.45, 7) is 6.99. The summed E-state index contributed by atoms with van der Waals surface area (Å²) in [7, 11) is 0. The van der Waals surface area contributed by atoms with Gasteiger partial charge in [0.2, 0.25) is 0 Å². The Balaban J connectivity index is 1.44. The molecule has 0 bridgehead atoms. The molecule has 5 nitrogen and oxygen atoms in total. The summed E-state index contributed by atoms with van der Waals surface area (Å²) < 4.78 is 2.03. The van der Waals surface area contributed by atoms with Gasteiger partial charge in [-0.1, -0.05) is 18.2 Å². The van der Waals surface area contributed by atoms with Crippen molar-refractivity contribution in [2.24, 2.45) is 0 Å². The van der Waals surface area contributed by atoms with E-state index in [0.717, 1.165) is 11.9 Å². The summed E-state index contributed by atoms with van der Waals surface area (Å²) in [6.07, 6.45) is 5.22. The van der Waals surface area contributed by atoms with Crippen molar-refractivity contribution in [2.45, 2.75) is 51.5 Å². The normalized spacial score (nSPS) is 14.7. The summed E-state index contributed by atoms with van der Waals surface area (Å²) >= 11 is 0. The van der Waals surface area contributed by atoms with Crippen molar-refractivity contribution in [3.05, 3.63) is 53.5 Å². The van der Waals surface area contributed by atoms with Crippen LogP contribution in [0.25, 0.3) is 10.9 Å². The molecular formula is C21H26N4O. The SMILES string of the molecule is CC(C)(C)n1nc(C(=O)NCCc2c[nH]c3ccccc23)cc1C1CC1.